The minimum Gasteiger partial charge on any atom is -0.314 e. The summed E-state index contributed by atoms with van der Waals surface area (Å²) in [4.78, 5) is 6.71. The first-order valence-corrected chi connectivity index (χ1v) is 7.80. The fourth-order valence-electron chi connectivity index (χ4n) is 2.88. The van der Waals surface area contributed by atoms with E-state index in [1.165, 1.54) is 11.1 Å². The molecule has 1 aliphatic heterocycles. The largest absolute Gasteiger partial charge is 0.314 e. The average molecular weight is 375 g/mol. The third-order valence-electron chi connectivity index (χ3n) is 4.03. The molecule has 1 aromatic carbocycles. The van der Waals surface area contributed by atoms with Gasteiger partial charge in [-0.3, -0.25) is 9.88 Å². The molecule has 2 heterocycles. The predicted octanol–water partition coefficient (Wildman–Crippen LogP) is 3.77. The Morgan fingerprint density at radius 3 is 2.74 bits per heavy atom. The minimum absolute atomic E-state index is 0. The second kappa shape index (κ2) is 10.1. The van der Waals surface area contributed by atoms with Crippen molar-refractivity contribution in [3.8, 4) is 0 Å². The molecule has 1 N–H and O–H groups in total. The lowest BCUT2D eigenvalue weighted by Crippen LogP contribution is -2.46. The molecule has 126 valence electrons. The van der Waals surface area contributed by atoms with Crippen LogP contribution >= 0.6 is 36.4 Å². The SMILES string of the molecule is Cl.Cl.Clc1ccccc1C1CNCCN1CCc1cccnc1. The van der Waals surface area contributed by atoms with E-state index in [4.69, 9.17) is 11.6 Å². The maximum absolute atomic E-state index is 6.38. The summed E-state index contributed by atoms with van der Waals surface area (Å²) >= 11 is 6.38. The van der Waals surface area contributed by atoms with Gasteiger partial charge in [0.05, 0.1) is 0 Å². The number of halogens is 3. The molecule has 1 unspecified atom stereocenters. The van der Waals surface area contributed by atoms with E-state index in [2.05, 4.69) is 33.4 Å². The smallest absolute Gasteiger partial charge is 0.0488 e. The summed E-state index contributed by atoms with van der Waals surface area (Å²) in [5.41, 5.74) is 2.51. The molecule has 0 bridgehead atoms. The summed E-state index contributed by atoms with van der Waals surface area (Å²) in [6.45, 7) is 4.07. The Labute approximate surface area is 155 Å². The Balaban J connectivity index is 0.00000132. The standard InChI is InChI=1S/C17H20ClN3.2ClH/c18-16-6-2-1-5-15(16)17-13-20-9-11-21(17)10-7-14-4-3-8-19-12-14;;/h1-6,8,12,17,20H,7,9-11,13H2;2*1H. The van der Waals surface area contributed by atoms with Crippen LogP contribution in [0.4, 0.5) is 0 Å². The van der Waals surface area contributed by atoms with Gasteiger partial charge in [-0.05, 0) is 29.7 Å². The molecule has 2 aromatic rings. The number of benzene rings is 1. The topological polar surface area (TPSA) is 28.2 Å². The molecule has 0 amide bonds. The van der Waals surface area contributed by atoms with Crippen LogP contribution in [-0.4, -0.2) is 36.1 Å². The highest BCUT2D eigenvalue weighted by Gasteiger charge is 2.24. The van der Waals surface area contributed by atoms with Gasteiger partial charge >= 0.3 is 0 Å². The molecular formula is C17H22Cl3N3. The molecule has 0 saturated carbocycles. The zero-order valence-electron chi connectivity index (χ0n) is 12.8. The van der Waals surface area contributed by atoms with E-state index in [0.717, 1.165) is 37.6 Å². The van der Waals surface area contributed by atoms with Crippen molar-refractivity contribution in [1.82, 2.24) is 15.2 Å². The van der Waals surface area contributed by atoms with Gasteiger partial charge in [0.1, 0.15) is 0 Å². The molecule has 1 aromatic heterocycles. The molecule has 3 nitrogen and oxygen atoms in total. The van der Waals surface area contributed by atoms with Crippen molar-refractivity contribution in [2.24, 2.45) is 0 Å². The van der Waals surface area contributed by atoms with E-state index >= 15 is 0 Å². The van der Waals surface area contributed by atoms with Gasteiger partial charge in [0.25, 0.3) is 0 Å². The van der Waals surface area contributed by atoms with Gasteiger partial charge in [0, 0.05) is 49.6 Å². The highest BCUT2D eigenvalue weighted by atomic mass is 35.5. The maximum Gasteiger partial charge on any atom is 0.0488 e. The molecule has 1 saturated heterocycles. The average Bonchev–Trinajstić information content (AvgIpc) is 2.55. The predicted molar refractivity (Wildman–Crippen MR) is 101 cm³/mol. The van der Waals surface area contributed by atoms with Crippen molar-refractivity contribution in [1.29, 1.82) is 0 Å². The Bertz CT molecular complexity index is 580. The Hall–Kier alpha value is -0.840. The second-order valence-corrected chi connectivity index (χ2v) is 5.80. The first-order valence-electron chi connectivity index (χ1n) is 7.42. The fraction of sp³-hybridized carbons (Fsp3) is 0.353. The zero-order valence-corrected chi connectivity index (χ0v) is 15.2. The van der Waals surface area contributed by atoms with Crippen LogP contribution in [0.1, 0.15) is 17.2 Å². The van der Waals surface area contributed by atoms with Crippen molar-refractivity contribution < 1.29 is 0 Å². The summed E-state index contributed by atoms with van der Waals surface area (Å²) < 4.78 is 0. The van der Waals surface area contributed by atoms with E-state index in [1.54, 1.807) is 0 Å². The van der Waals surface area contributed by atoms with E-state index in [9.17, 15) is 0 Å². The number of hydrogen-bond acceptors (Lipinski definition) is 3. The van der Waals surface area contributed by atoms with Gasteiger partial charge in [0.15, 0.2) is 0 Å². The molecule has 0 radical (unpaired) electrons. The highest BCUT2D eigenvalue weighted by Crippen LogP contribution is 2.28. The van der Waals surface area contributed by atoms with Crippen LogP contribution < -0.4 is 5.32 Å². The monoisotopic (exact) mass is 373 g/mol. The quantitative estimate of drug-likeness (QED) is 0.883. The molecule has 1 aliphatic rings. The van der Waals surface area contributed by atoms with Crippen LogP contribution in [-0.2, 0) is 6.42 Å². The number of hydrogen-bond donors (Lipinski definition) is 1. The summed E-state index contributed by atoms with van der Waals surface area (Å²) in [6, 6.07) is 12.7. The highest BCUT2D eigenvalue weighted by molar-refractivity contribution is 6.31. The normalized spacial score (nSPS) is 17.9. The van der Waals surface area contributed by atoms with Gasteiger partial charge in [-0.25, -0.2) is 0 Å². The number of nitrogens with one attached hydrogen (secondary N) is 1. The molecular weight excluding hydrogens is 353 g/mol. The van der Waals surface area contributed by atoms with Crippen LogP contribution in [0, 0.1) is 0 Å². The molecule has 23 heavy (non-hydrogen) atoms. The van der Waals surface area contributed by atoms with Gasteiger partial charge in [0.2, 0.25) is 0 Å². The second-order valence-electron chi connectivity index (χ2n) is 5.39. The number of rotatable bonds is 4. The van der Waals surface area contributed by atoms with E-state index in [1.807, 2.05) is 30.6 Å². The van der Waals surface area contributed by atoms with Crippen LogP contribution in [0.15, 0.2) is 48.8 Å². The van der Waals surface area contributed by atoms with Crippen molar-refractivity contribution >= 4 is 36.4 Å². The lowest BCUT2D eigenvalue weighted by molar-refractivity contribution is 0.164. The van der Waals surface area contributed by atoms with Crippen LogP contribution in [0.2, 0.25) is 5.02 Å². The van der Waals surface area contributed by atoms with E-state index in [-0.39, 0.29) is 24.8 Å². The Morgan fingerprint density at radius 1 is 1.17 bits per heavy atom. The third kappa shape index (κ3) is 5.33. The molecule has 3 rings (SSSR count). The molecule has 6 heteroatoms. The van der Waals surface area contributed by atoms with Crippen molar-refractivity contribution in [3.63, 3.8) is 0 Å². The molecule has 0 aliphatic carbocycles. The van der Waals surface area contributed by atoms with Gasteiger partial charge in [-0.1, -0.05) is 35.9 Å². The van der Waals surface area contributed by atoms with Gasteiger partial charge < -0.3 is 5.32 Å². The van der Waals surface area contributed by atoms with Crippen molar-refractivity contribution in [2.75, 3.05) is 26.2 Å². The lowest BCUT2D eigenvalue weighted by atomic mass is 10.0. The van der Waals surface area contributed by atoms with E-state index < -0.39 is 0 Å². The zero-order chi connectivity index (χ0) is 14.5. The Kier molecular flexibility index (Phi) is 8.88. The van der Waals surface area contributed by atoms with Gasteiger partial charge in [-0.15, -0.1) is 24.8 Å². The first-order chi connectivity index (χ1) is 10.3. The number of nitrogens with zero attached hydrogens (tertiary/aromatic N) is 2. The molecule has 1 atom stereocenters. The molecule has 1 fully saturated rings. The van der Waals surface area contributed by atoms with Crippen LogP contribution in [0.3, 0.4) is 0 Å². The summed E-state index contributed by atoms with van der Waals surface area (Å²) in [6.07, 6.45) is 4.79. The Morgan fingerprint density at radius 2 is 2.00 bits per heavy atom. The van der Waals surface area contributed by atoms with Crippen molar-refractivity contribution in [2.45, 2.75) is 12.5 Å². The maximum atomic E-state index is 6.38. The number of aromatic nitrogens is 1. The van der Waals surface area contributed by atoms with Gasteiger partial charge in [-0.2, -0.15) is 0 Å². The molecule has 0 spiro atoms. The third-order valence-corrected chi connectivity index (χ3v) is 4.37. The summed E-state index contributed by atoms with van der Waals surface area (Å²) in [5.74, 6) is 0. The number of piperazine rings is 1. The summed E-state index contributed by atoms with van der Waals surface area (Å²) in [5, 5.41) is 4.33. The lowest BCUT2D eigenvalue weighted by Gasteiger charge is -2.37. The fourth-order valence-corrected chi connectivity index (χ4v) is 3.15. The summed E-state index contributed by atoms with van der Waals surface area (Å²) in [7, 11) is 0. The van der Waals surface area contributed by atoms with Crippen LogP contribution in [0.5, 0.6) is 0 Å². The van der Waals surface area contributed by atoms with E-state index in [0.29, 0.717) is 6.04 Å². The minimum atomic E-state index is 0. The van der Waals surface area contributed by atoms with Crippen LogP contribution in [0.25, 0.3) is 0 Å². The first kappa shape index (κ1) is 20.2. The number of pyridine rings is 1. The van der Waals surface area contributed by atoms with Crippen molar-refractivity contribution in [3.05, 3.63) is 64.9 Å².